The van der Waals surface area contributed by atoms with E-state index in [1.807, 2.05) is 30.5 Å². The molecule has 0 amide bonds. The van der Waals surface area contributed by atoms with E-state index in [0.717, 1.165) is 63.1 Å². The van der Waals surface area contributed by atoms with Crippen LogP contribution in [0.1, 0.15) is 43.8 Å². The van der Waals surface area contributed by atoms with Crippen molar-refractivity contribution in [2.24, 2.45) is 0 Å². The van der Waals surface area contributed by atoms with Crippen LogP contribution in [0.4, 0.5) is 0 Å². The van der Waals surface area contributed by atoms with Crippen molar-refractivity contribution in [3.8, 4) is 28.3 Å². The van der Waals surface area contributed by atoms with Crippen molar-refractivity contribution in [1.82, 2.24) is 40.1 Å². The average molecular weight is 473 g/mol. The molecule has 1 aliphatic rings. The Morgan fingerprint density at radius 3 is 2.36 bits per heavy atom. The van der Waals surface area contributed by atoms with Crippen molar-refractivity contribution >= 4 is 22.1 Å². The van der Waals surface area contributed by atoms with Gasteiger partial charge in [-0.15, -0.1) is 5.10 Å². The monoisotopic (exact) mass is 472 g/mol. The van der Waals surface area contributed by atoms with Crippen molar-refractivity contribution in [1.29, 1.82) is 0 Å². The Bertz CT molecular complexity index is 1670. The summed E-state index contributed by atoms with van der Waals surface area (Å²) in [5.41, 5.74) is 7.78. The van der Waals surface area contributed by atoms with Crippen LogP contribution < -0.4 is 0 Å². The van der Waals surface area contributed by atoms with E-state index in [1.165, 1.54) is 19.3 Å². The molecule has 0 bridgehead atoms. The molecule has 0 unspecified atom stereocenters. The maximum absolute atomic E-state index is 5.10. The fraction of sp³-hybridized carbons (Fsp3) is 0.214. The van der Waals surface area contributed by atoms with Gasteiger partial charge in [-0.1, -0.05) is 66.8 Å². The molecule has 36 heavy (non-hydrogen) atoms. The van der Waals surface area contributed by atoms with Gasteiger partial charge in [-0.05, 0) is 53.4 Å². The summed E-state index contributed by atoms with van der Waals surface area (Å²) in [6, 6.07) is 22.7. The molecule has 3 heterocycles. The molecule has 3 aromatic heterocycles. The van der Waals surface area contributed by atoms with Crippen LogP contribution in [0.2, 0.25) is 0 Å². The zero-order valence-corrected chi connectivity index (χ0v) is 19.7. The molecular weight excluding hydrogens is 448 g/mol. The number of aromatic nitrogens is 8. The number of H-pyrrole nitrogens is 1. The first-order valence-electron chi connectivity index (χ1n) is 12.4. The van der Waals surface area contributed by atoms with E-state index in [0.29, 0.717) is 11.9 Å². The minimum absolute atomic E-state index is 0.405. The third-order valence-corrected chi connectivity index (χ3v) is 7.13. The number of rotatable bonds is 4. The molecule has 8 heteroatoms. The first kappa shape index (κ1) is 20.9. The number of benzene rings is 3. The molecule has 0 saturated heterocycles. The van der Waals surface area contributed by atoms with Crippen molar-refractivity contribution < 1.29 is 0 Å². The fourth-order valence-corrected chi connectivity index (χ4v) is 5.31. The van der Waals surface area contributed by atoms with Gasteiger partial charge in [0, 0.05) is 11.5 Å². The highest BCUT2D eigenvalue weighted by molar-refractivity contribution is 5.87. The molecule has 6 aromatic rings. The van der Waals surface area contributed by atoms with Crippen LogP contribution in [0.3, 0.4) is 0 Å². The molecule has 1 N–H and O–H groups in total. The van der Waals surface area contributed by atoms with Crippen molar-refractivity contribution in [2.45, 2.75) is 38.0 Å². The van der Waals surface area contributed by atoms with Crippen LogP contribution in [-0.4, -0.2) is 40.1 Å². The second-order valence-electron chi connectivity index (χ2n) is 9.38. The van der Waals surface area contributed by atoms with Gasteiger partial charge < -0.3 is 0 Å². The number of aromatic amines is 1. The number of hydrogen-bond donors (Lipinski definition) is 1. The minimum atomic E-state index is 0.405. The minimum Gasteiger partial charge on any atom is -0.261 e. The standard InChI is InChI=1S/C28H24N8/c1-3-7-18(8-4-1)25-17-29-23-15-20(11-13-22(23)30-25)21-12-14-26-24(16-21)31-27(19-9-5-2-6-10-19)36(26)28-32-34-35-33-28/h1,3-4,7-8,11-17,19H,2,5-6,9-10H2,(H,32,33,34,35). The second kappa shape index (κ2) is 8.64. The number of hydrogen-bond acceptors (Lipinski definition) is 6. The summed E-state index contributed by atoms with van der Waals surface area (Å²) in [6.07, 6.45) is 7.88. The maximum atomic E-state index is 5.10. The highest BCUT2D eigenvalue weighted by Crippen LogP contribution is 2.36. The van der Waals surface area contributed by atoms with Crippen molar-refractivity contribution in [3.05, 3.63) is 78.8 Å². The summed E-state index contributed by atoms with van der Waals surface area (Å²) in [7, 11) is 0. The number of nitrogens with one attached hydrogen (secondary N) is 1. The van der Waals surface area contributed by atoms with Crippen LogP contribution in [-0.2, 0) is 0 Å². The topological polar surface area (TPSA) is 98.1 Å². The predicted molar refractivity (Wildman–Crippen MR) is 139 cm³/mol. The van der Waals surface area contributed by atoms with E-state index in [9.17, 15) is 0 Å². The maximum Gasteiger partial charge on any atom is 0.275 e. The molecule has 8 nitrogen and oxygen atoms in total. The van der Waals surface area contributed by atoms with Crippen molar-refractivity contribution in [2.75, 3.05) is 0 Å². The lowest BCUT2D eigenvalue weighted by Gasteiger charge is -2.21. The quantitative estimate of drug-likeness (QED) is 0.345. The second-order valence-corrected chi connectivity index (χ2v) is 9.38. The van der Waals surface area contributed by atoms with Gasteiger partial charge in [0.15, 0.2) is 0 Å². The van der Waals surface area contributed by atoms with Crippen LogP contribution in [0.5, 0.6) is 0 Å². The lowest BCUT2D eigenvalue weighted by Crippen LogP contribution is -2.12. The molecule has 176 valence electrons. The Morgan fingerprint density at radius 1 is 0.750 bits per heavy atom. The molecule has 0 aliphatic heterocycles. The Balaban J connectivity index is 1.30. The molecule has 1 saturated carbocycles. The summed E-state index contributed by atoms with van der Waals surface area (Å²) in [6.45, 7) is 0. The molecule has 0 spiro atoms. The van der Waals surface area contributed by atoms with Crippen LogP contribution in [0.25, 0.3) is 50.4 Å². The number of tetrazole rings is 1. The summed E-state index contributed by atoms with van der Waals surface area (Å²) in [4.78, 5) is 14.6. The largest absolute Gasteiger partial charge is 0.275 e. The van der Waals surface area contributed by atoms with Gasteiger partial charge in [0.05, 0.1) is 34.0 Å². The molecule has 3 aromatic carbocycles. The van der Waals surface area contributed by atoms with E-state index >= 15 is 0 Å². The zero-order chi connectivity index (χ0) is 23.9. The first-order chi connectivity index (χ1) is 17.8. The normalized spacial score (nSPS) is 14.6. The molecule has 7 rings (SSSR count). The third kappa shape index (κ3) is 3.62. The van der Waals surface area contributed by atoms with E-state index in [-0.39, 0.29) is 0 Å². The number of nitrogens with zero attached hydrogens (tertiary/aromatic N) is 7. The van der Waals surface area contributed by atoms with Crippen LogP contribution in [0.15, 0.2) is 72.9 Å². The fourth-order valence-electron chi connectivity index (χ4n) is 5.31. The first-order valence-corrected chi connectivity index (χ1v) is 12.4. The SMILES string of the molecule is c1ccc(-c2cnc3cc(-c4ccc5c(c4)nc(C4CCCCC4)n5-c4nn[nH]n4)ccc3n2)cc1. The Labute approximate surface area is 207 Å². The molecule has 0 radical (unpaired) electrons. The summed E-state index contributed by atoms with van der Waals surface area (Å²) in [5.74, 6) is 1.98. The van der Waals surface area contributed by atoms with E-state index in [4.69, 9.17) is 15.0 Å². The zero-order valence-electron chi connectivity index (χ0n) is 19.7. The predicted octanol–water partition coefficient (Wildman–Crippen LogP) is 5.86. The highest BCUT2D eigenvalue weighted by atomic mass is 15.5. The summed E-state index contributed by atoms with van der Waals surface area (Å²) >= 11 is 0. The van der Waals surface area contributed by atoms with Crippen LogP contribution in [0, 0.1) is 0 Å². The van der Waals surface area contributed by atoms with Gasteiger partial charge in [0.25, 0.3) is 5.95 Å². The summed E-state index contributed by atoms with van der Waals surface area (Å²) in [5, 5.41) is 14.9. The molecule has 1 aliphatic carbocycles. The van der Waals surface area contributed by atoms with Gasteiger partial charge in [-0.2, -0.15) is 5.21 Å². The van der Waals surface area contributed by atoms with E-state index in [1.54, 1.807) is 0 Å². The van der Waals surface area contributed by atoms with Gasteiger partial charge in [-0.3, -0.25) is 9.55 Å². The number of imidazole rings is 1. The smallest absolute Gasteiger partial charge is 0.261 e. The average Bonchev–Trinajstić information content (AvgIpc) is 3.61. The highest BCUT2D eigenvalue weighted by Gasteiger charge is 2.25. The van der Waals surface area contributed by atoms with Crippen molar-refractivity contribution in [3.63, 3.8) is 0 Å². The Morgan fingerprint density at radius 2 is 1.56 bits per heavy atom. The van der Waals surface area contributed by atoms with E-state index < -0.39 is 0 Å². The lowest BCUT2D eigenvalue weighted by atomic mass is 9.88. The molecule has 1 fully saturated rings. The van der Waals surface area contributed by atoms with Gasteiger partial charge in [0.2, 0.25) is 0 Å². The Hall–Kier alpha value is -4.46. The van der Waals surface area contributed by atoms with Gasteiger partial charge in [-0.25, -0.2) is 9.97 Å². The molecule has 0 atom stereocenters. The third-order valence-electron chi connectivity index (χ3n) is 7.13. The number of fused-ring (bicyclic) bond motifs is 2. The van der Waals surface area contributed by atoms with Crippen LogP contribution >= 0.6 is 0 Å². The Kier molecular flexibility index (Phi) is 5.01. The molecular formula is C28H24N8. The lowest BCUT2D eigenvalue weighted by molar-refractivity contribution is 0.425. The van der Waals surface area contributed by atoms with Gasteiger partial charge >= 0.3 is 0 Å². The van der Waals surface area contributed by atoms with E-state index in [2.05, 4.69) is 67.7 Å². The summed E-state index contributed by atoms with van der Waals surface area (Å²) < 4.78 is 2.07. The van der Waals surface area contributed by atoms with Gasteiger partial charge in [0.1, 0.15) is 5.82 Å².